The number of thiazole rings is 2. The molecule has 146 valence electrons. The Balaban J connectivity index is 1.45. The molecule has 0 bridgehead atoms. The molecular formula is C19H21BrN6S2. The lowest BCUT2D eigenvalue weighted by molar-refractivity contribution is 0.181. The molecule has 1 aliphatic heterocycles. The van der Waals surface area contributed by atoms with Crippen molar-refractivity contribution in [1.82, 2.24) is 24.8 Å². The van der Waals surface area contributed by atoms with Gasteiger partial charge in [0.2, 0.25) is 0 Å². The van der Waals surface area contributed by atoms with Gasteiger partial charge in [-0.15, -0.1) is 0 Å². The van der Waals surface area contributed by atoms with Crippen LogP contribution in [0.5, 0.6) is 0 Å². The highest BCUT2D eigenvalue weighted by Gasteiger charge is 2.27. The normalized spacial score (nSPS) is 21.0. The molecule has 1 fully saturated rings. The summed E-state index contributed by atoms with van der Waals surface area (Å²) in [6.45, 7) is 3.44. The molecule has 2 unspecified atom stereocenters. The summed E-state index contributed by atoms with van der Waals surface area (Å²) < 4.78 is 0.986. The zero-order valence-electron chi connectivity index (χ0n) is 15.9. The van der Waals surface area contributed by atoms with Crippen LogP contribution in [0.15, 0.2) is 22.9 Å². The van der Waals surface area contributed by atoms with E-state index in [0.717, 1.165) is 47.4 Å². The minimum absolute atomic E-state index is 0.539. The van der Waals surface area contributed by atoms with Gasteiger partial charge < -0.3 is 14.8 Å². The highest BCUT2D eigenvalue weighted by Crippen LogP contribution is 2.39. The number of fused-ring (bicyclic) bond motifs is 2. The van der Waals surface area contributed by atoms with Gasteiger partial charge in [-0.1, -0.05) is 22.7 Å². The lowest BCUT2D eigenvalue weighted by Crippen LogP contribution is -2.46. The van der Waals surface area contributed by atoms with Crippen molar-refractivity contribution in [3.05, 3.63) is 22.9 Å². The van der Waals surface area contributed by atoms with E-state index in [9.17, 15) is 0 Å². The topological polar surface area (TPSA) is 60.9 Å². The molecule has 5 heterocycles. The molecule has 0 saturated carbocycles. The quantitative estimate of drug-likeness (QED) is 0.451. The van der Waals surface area contributed by atoms with Crippen LogP contribution < -0.4 is 4.90 Å². The number of aromatic nitrogens is 4. The summed E-state index contributed by atoms with van der Waals surface area (Å²) in [5, 5.41) is 3.10. The maximum absolute atomic E-state index is 4.90. The lowest BCUT2D eigenvalue weighted by atomic mass is 9.98. The summed E-state index contributed by atoms with van der Waals surface area (Å²) in [5.74, 6) is 0. The molecule has 5 rings (SSSR count). The number of hydrogen-bond donors (Lipinski definition) is 1. The van der Waals surface area contributed by atoms with Crippen LogP contribution in [0.3, 0.4) is 0 Å². The largest absolute Gasteiger partial charge is 0.359 e. The summed E-state index contributed by atoms with van der Waals surface area (Å²) in [6, 6.07) is 3.20. The molecule has 1 aliphatic rings. The smallest absolute Gasteiger partial charge is 0.188 e. The molecule has 0 amide bonds. The molecular weight excluding hydrogens is 456 g/mol. The first-order chi connectivity index (χ1) is 13.5. The lowest BCUT2D eigenvalue weighted by Gasteiger charge is -2.39. The van der Waals surface area contributed by atoms with Gasteiger partial charge in [-0.25, -0.2) is 9.97 Å². The van der Waals surface area contributed by atoms with Gasteiger partial charge in [0.05, 0.1) is 5.52 Å². The Labute approximate surface area is 179 Å². The Morgan fingerprint density at radius 3 is 2.89 bits per heavy atom. The van der Waals surface area contributed by atoms with E-state index in [1.807, 2.05) is 12.4 Å². The van der Waals surface area contributed by atoms with Crippen molar-refractivity contribution in [2.24, 2.45) is 0 Å². The first-order valence-electron chi connectivity index (χ1n) is 9.33. The van der Waals surface area contributed by atoms with Crippen LogP contribution in [-0.2, 0) is 0 Å². The van der Waals surface area contributed by atoms with Gasteiger partial charge in [0.1, 0.15) is 10.7 Å². The molecule has 0 spiro atoms. The van der Waals surface area contributed by atoms with E-state index in [2.05, 4.69) is 62.8 Å². The highest BCUT2D eigenvalue weighted by atomic mass is 79.9. The van der Waals surface area contributed by atoms with Gasteiger partial charge in [0, 0.05) is 47.9 Å². The van der Waals surface area contributed by atoms with Crippen LogP contribution in [0, 0.1) is 0 Å². The monoisotopic (exact) mass is 476 g/mol. The second-order valence-electron chi connectivity index (χ2n) is 7.47. The number of rotatable bonds is 3. The van der Waals surface area contributed by atoms with Crippen LogP contribution in [0.1, 0.15) is 19.8 Å². The minimum atomic E-state index is 0.539. The van der Waals surface area contributed by atoms with E-state index >= 15 is 0 Å². The van der Waals surface area contributed by atoms with Crippen molar-refractivity contribution in [3.63, 3.8) is 0 Å². The van der Waals surface area contributed by atoms with Crippen LogP contribution in [0.2, 0.25) is 0 Å². The van der Waals surface area contributed by atoms with Crippen molar-refractivity contribution in [3.8, 4) is 10.7 Å². The van der Waals surface area contributed by atoms with Gasteiger partial charge >= 0.3 is 0 Å². The molecule has 4 aromatic heterocycles. The number of nitrogens with one attached hydrogen (secondary N) is 1. The van der Waals surface area contributed by atoms with Gasteiger partial charge in [-0.3, -0.25) is 4.98 Å². The standard InChI is InChI=1S/C19H21BrN6S2/c1-10-8-11(5-7-25(10)2)26(3)19-24-18-17(28-19)23-16(27-18)15-14-12(4-6-21-14)13(20)9-22-15/h4,6,9-11,21H,5,7-8H2,1-3H3. The fraction of sp³-hybridized carbons (Fsp3) is 0.421. The summed E-state index contributed by atoms with van der Waals surface area (Å²) in [5.41, 5.74) is 1.89. The highest BCUT2D eigenvalue weighted by molar-refractivity contribution is 9.10. The van der Waals surface area contributed by atoms with E-state index in [0.29, 0.717) is 12.1 Å². The predicted molar refractivity (Wildman–Crippen MR) is 122 cm³/mol. The SMILES string of the molecule is CC1CC(N(C)c2nc3sc(-c4ncc(Br)c5cc[nH]c45)nc3s2)CCN1C. The second kappa shape index (κ2) is 7.05. The fourth-order valence-electron chi connectivity index (χ4n) is 3.84. The maximum atomic E-state index is 4.90. The molecule has 2 atom stereocenters. The Bertz CT molecular complexity index is 1120. The van der Waals surface area contributed by atoms with E-state index < -0.39 is 0 Å². The Morgan fingerprint density at radius 1 is 1.29 bits per heavy atom. The number of nitrogens with zero attached hydrogens (tertiary/aromatic N) is 5. The molecule has 4 aromatic rings. The number of H-pyrrole nitrogens is 1. The Morgan fingerprint density at radius 2 is 2.11 bits per heavy atom. The number of anilines is 1. The predicted octanol–water partition coefficient (Wildman–Crippen LogP) is 4.98. The van der Waals surface area contributed by atoms with E-state index in [-0.39, 0.29) is 0 Å². The van der Waals surface area contributed by atoms with Gasteiger partial charge in [0.25, 0.3) is 0 Å². The van der Waals surface area contributed by atoms with Crippen molar-refractivity contribution in [2.75, 3.05) is 25.5 Å². The molecule has 28 heavy (non-hydrogen) atoms. The number of hydrogen-bond acceptors (Lipinski definition) is 7. The zero-order valence-corrected chi connectivity index (χ0v) is 19.2. The van der Waals surface area contributed by atoms with E-state index in [4.69, 9.17) is 9.97 Å². The van der Waals surface area contributed by atoms with E-state index in [1.54, 1.807) is 22.7 Å². The summed E-state index contributed by atoms with van der Waals surface area (Å²) >= 11 is 6.86. The second-order valence-corrected chi connectivity index (χ2v) is 10.3. The number of aromatic amines is 1. The van der Waals surface area contributed by atoms with Crippen LogP contribution >= 0.6 is 38.6 Å². The zero-order chi connectivity index (χ0) is 19.4. The summed E-state index contributed by atoms with van der Waals surface area (Å²) in [4.78, 5) is 24.4. The van der Waals surface area contributed by atoms with Gasteiger partial charge in [-0.05, 0) is 48.8 Å². The van der Waals surface area contributed by atoms with Crippen molar-refractivity contribution in [1.29, 1.82) is 0 Å². The van der Waals surface area contributed by atoms with Crippen LogP contribution in [0.25, 0.3) is 31.3 Å². The van der Waals surface area contributed by atoms with Crippen molar-refractivity contribution in [2.45, 2.75) is 31.8 Å². The number of halogens is 1. The first kappa shape index (κ1) is 18.5. The van der Waals surface area contributed by atoms with Gasteiger partial charge in [0.15, 0.2) is 14.8 Å². The van der Waals surface area contributed by atoms with Crippen LogP contribution in [0.4, 0.5) is 5.13 Å². The number of likely N-dealkylation sites (tertiary alicyclic amines) is 1. The van der Waals surface area contributed by atoms with Crippen LogP contribution in [-0.4, -0.2) is 57.6 Å². The minimum Gasteiger partial charge on any atom is -0.359 e. The third-order valence-corrected chi connectivity index (χ3v) is 8.50. The Hall–Kier alpha value is -1.55. The average molecular weight is 477 g/mol. The van der Waals surface area contributed by atoms with E-state index in [1.165, 1.54) is 12.8 Å². The molecule has 0 radical (unpaired) electrons. The average Bonchev–Trinajstić information content (AvgIpc) is 3.38. The first-order valence-corrected chi connectivity index (χ1v) is 11.8. The fourth-order valence-corrected chi connectivity index (χ4v) is 6.35. The number of piperidine rings is 1. The molecule has 6 nitrogen and oxygen atoms in total. The van der Waals surface area contributed by atoms with Crippen molar-refractivity contribution < 1.29 is 0 Å². The third kappa shape index (κ3) is 3.04. The molecule has 9 heteroatoms. The Kier molecular flexibility index (Phi) is 4.65. The molecule has 0 aliphatic carbocycles. The molecule has 1 saturated heterocycles. The molecule has 0 aromatic carbocycles. The summed E-state index contributed by atoms with van der Waals surface area (Å²) in [6.07, 6.45) is 6.13. The molecule has 1 N–H and O–H groups in total. The number of pyridine rings is 1. The summed E-state index contributed by atoms with van der Waals surface area (Å²) in [7, 11) is 4.38. The maximum Gasteiger partial charge on any atom is 0.188 e. The van der Waals surface area contributed by atoms with Gasteiger partial charge in [-0.2, -0.15) is 0 Å². The third-order valence-electron chi connectivity index (χ3n) is 5.75. The van der Waals surface area contributed by atoms with Crippen molar-refractivity contribution >= 4 is 64.3 Å².